The van der Waals surface area contributed by atoms with Crippen molar-refractivity contribution in [3.8, 4) is 11.5 Å². The molecule has 15 heteroatoms. The molecule has 3 aromatic rings. The average Bonchev–Trinajstić information content (AvgIpc) is 3.27. The van der Waals surface area contributed by atoms with Gasteiger partial charge in [0.1, 0.15) is 17.3 Å². The van der Waals surface area contributed by atoms with E-state index in [2.05, 4.69) is 25.9 Å². The summed E-state index contributed by atoms with van der Waals surface area (Å²) in [6, 6.07) is 7.72. The highest BCUT2D eigenvalue weighted by molar-refractivity contribution is 6.55. The van der Waals surface area contributed by atoms with Gasteiger partial charge in [0.25, 0.3) is 11.8 Å². The van der Waals surface area contributed by atoms with Crippen LogP contribution >= 0.6 is 58.0 Å². The second-order valence-electron chi connectivity index (χ2n) is 8.34. The zero-order valence-electron chi connectivity index (χ0n) is 21.3. The Morgan fingerprint density at radius 1 is 0.854 bits per heavy atom. The van der Waals surface area contributed by atoms with Crippen LogP contribution in [-0.2, 0) is 9.59 Å². The number of hydrogen-bond donors (Lipinski definition) is 2. The quantitative estimate of drug-likeness (QED) is 0.112. The molecule has 0 fully saturated rings. The van der Waals surface area contributed by atoms with Crippen molar-refractivity contribution in [1.82, 2.24) is 5.32 Å². The van der Waals surface area contributed by atoms with Crippen molar-refractivity contribution < 1.29 is 23.9 Å². The number of amides is 2. The number of azo groups is 1. The Hall–Kier alpha value is -3.41. The first kappa shape index (κ1) is 30.5. The number of anilines is 1. The first-order chi connectivity index (χ1) is 19.5. The molecule has 0 aromatic heterocycles. The van der Waals surface area contributed by atoms with Crippen LogP contribution in [0.3, 0.4) is 0 Å². The minimum absolute atomic E-state index is 0.00486. The van der Waals surface area contributed by atoms with Crippen molar-refractivity contribution in [2.75, 3.05) is 19.5 Å². The van der Waals surface area contributed by atoms with Gasteiger partial charge in [-0.2, -0.15) is 10.2 Å². The van der Waals surface area contributed by atoms with E-state index in [-0.39, 0.29) is 53.5 Å². The number of aliphatic imine (C=N–C) groups is 1. The fourth-order valence-corrected chi connectivity index (χ4v) is 4.97. The summed E-state index contributed by atoms with van der Waals surface area (Å²) in [4.78, 5) is 42.0. The smallest absolute Gasteiger partial charge is 0.259 e. The summed E-state index contributed by atoms with van der Waals surface area (Å²) >= 11 is 30.9. The Kier molecular flexibility index (Phi) is 9.41. The van der Waals surface area contributed by atoms with Gasteiger partial charge in [-0.05, 0) is 31.2 Å². The van der Waals surface area contributed by atoms with Gasteiger partial charge in [-0.3, -0.25) is 14.4 Å². The number of ketones is 1. The molecule has 1 aliphatic heterocycles. The van der Waals surface area contributed by atoms with Gasteiger partial charge in [0.15, 0.2) is 5.78 Å². The maximum atomic E-state index is 12.9. The topological polar surface area (TPSA) is 131 Å². The molecule has 1 heterocycles. The Morgan fingerprint density at radius 2 is 1.44 bits per heavy atom. The Balaban J connectivity index is 1.55. The third-order valence-corrected chi connectivity index (χ3v) is 7.80. The molecule has 10 nitrogen and oxygen atoms in total. The van der Waals surface area contributed by atoms with Crippen LogP contribution in [0.4, 0.5) is 17.1 Å². The SMILES string of the molecule is COc1cc(NC(=O)C(N=Nc2ccc(N=C3NC(=O)c4c(Cl)c(Cl)c(Cl)c(Cl)c43)cc2)C(C)=O)c(OC)cc1Cl. The monoisotopic (exact) mass is 655 g/mol. The van der Waals surface area contributed by atoms with E-state index in [0.29, 0.717) is 17.1 Å². The van der Waals surface area contributed by atoms with Crippen LogP contribution in [0.5, 0.6) is 11.5 Å². The predicted octanol–water partition coefficient (Wildman–Crippen LogP) is 7.47. The van der Waals surface area contributed by atoms with Crippen LogP contribution in [0.2, 0.25) is 25.1 Å². The molecule has 0 spiro atoms. The molecule has 212 valence electrons. The Bertz CT molecular complexity index is 1640. The molecular formula is C26H18Cl5N5O5. The molecule has 0 saturated heterocycles. The number of ether oxygens (including phenoxy) is 2. The van der Waals surface area contributed by atoms with Crippen LogP contribution < -0.4 is 20.1 Å². The Labute approximate surface area is 258 Å². The number of methoxy groups -OCH3 is 2. The lowest BCUT2D eigenvalue weighted by molar-refractivity contribution is -0.126. The van der Waals surface area contributed by atoms with Gasteiger partial charge in [0, 0.05) is 12.1 Å². The molecule has 2 N–H and O–H groups in total. The van der Waals surface area contributed by atoms with Crippen LogP contribution in [0.1, 0.15) is 22.8 Å². The molecule has 1 atom stereocenters. The number of carbonyl (C=O) groups is 3. The maximum Gasteiger partial charge on any atom is 0.259 e. The number of nitrogens with zero attached hydrogens (tertiary/aromatic N) is 3. The Morgan fingerprint density at radius 3 is 2.02 bits per heavy atom. The number of rotatable bonds is 8. The highest BCUT2D eigenvalue weighted by Gasteiger charge is 2.34. The molecule has 3 aromatic carbocycles. The van der Waals surface area contributed by atoms with E-state index < -0.39 is 23.6 Å². The molecule has 4 rings (SSSR count). The van der Waals surface area contributed by atoms with Crippen molar-refractivity contribution in [2.45, 2.75) is 13.0 Å². The summed E-state index contributed by atoms with van der Waals surface area (Å²) in [5, 5.41) is 13.4. The van der Waals surface area contributed by atoms with E-state index in [1.807, 2.05) is 0 Å². The fourth-order valence-electron chi connectivity index (χ4n) is 3.71. The highest BCUT2D eigenvalue weighted by Crippen LogP contribution is 2.43. The molecule has 2 amide bonds. The molecule has 1 unspecified atom stereocenters. The molecule has 0 radical (unpaired) electrons. The van der Waals surface area contributed by atoms with Crippen LogP contribution in [0.15, 0.2) is 51.6 Å². The molecule has 0 saturated carbocycles. The van der Waals surface area contributed by atoms with Gasteiger partial charge in [0.05, 0.1) is 67.5 Å². The number of fused-ring (bicyclic) bond motifs is 1. The normalized spacial score (nSPS) is 14.1. The minimum Gasteiger partial charge on any atom is -0.495 e. The molecular weight excluding hydrogens is 640 g/mol. The van der Waals surface area contributed by atoms with Crippen molar-refractivity contribution >= 4 is 98.5 Å². The summed E-state index contributed by atoms with van der Waals surface area (Å²) < 4.78 is 10.4. The van der Waals surface area contributed by atoms with Crippen LogP contribution in [-0.4, -0.2) is 43.7 Å². The summed E-state index contributed by atoms with van der Waals surface area (Å²) in [5.74, 6) is -1.12. The summed E-state index contributed by atoms with van der Waals surface area (Å²) in [6.07, 6.45) is 0. The first-order valence-corrected chi connectivity index (χ1v) is 13.4. The number of amidine groups is 1. The summed E-state index contributed by atoms with van der Waals surface area (Å²) in [5.41, 5.74) is 1.26. The van der Waals surface area contributed by atoms with E-state index >= 15 is 0 Å². The van der Waals surface area contributed by atoms with E-state index in [4.69, 9.17) is 67.5 Å². The second kappa shape index (κ2) is 12.6. The van der Waals surface area contributed by atoms with Gasteiger partial charge in [-0.25, -0.2) is 4.99 Å². The summed E-state index contributed by atoms with van der Waals surface area (Å²) in [6.45, 7) is 1.21. The first-order valence-electron chi connectivity index (χ1n) is 11.5. The van der Waals surface area contributed by atoms with Gasteiger partial charge < -0.3 is 20.1 Å². The molecule has 0 bridgehead atoms. The number of benzene rings is 3. The van der Waals surface area contributed by atoms with Gasteiger partial charge in [-0.1, -0.05) is 58.0 Å². The van der Waals surface area contributed by atoms with E-state index in [1.165, 1.54) is 33.3 Å². The lowest BCUT2D eigenvalue weighted by Crippen LogP contribution is -2.32. The molecule has 1 aliphatic rings. The van der Waals surface area contributed by atoms with Crippen molar-refractivity contribution in [3.05, 3.63) is 72.6 Å². The number of carbonyl (C=O) groups excluding carboxylic acids is 3. The third kappa shape index (κ3) is 6.27. The largest absolute Gasteiger partial charge is 0.495 e. The number of nitrogens with one attached hydrogen (secondary N) is 2. The van der Waals surface area contributed by atoms with E-state index in [0.717, 1.165) is 0 Å². The lowest BCUT2D eigenvalue weighted by Gasteiger charge is -2.14. The standard InChI is InChI=1S/C26H18Cl5N5O5/c1-10(37)23(26(39)33-14-9-15(40-2)13(27)8-16(14)41-3)36-35-12-6-4-11(5-7-12)32-24-17-18(25(38)34-24)20(29)22(31)21(30)19(17)28/h4-9,23H,1-3H3,(H,33,39)(H,32,34,38). The minimum atomic E-state index is -1.45. The third-order valence-electron chi connectivity index (χ3n) is 5.71. The van der Waals surface area contributed by atoms with Crippen LogP contribution in [0, 0.1) is 0 Å². The second-order valence-corrected chi connectivity index (χ2v) is 10.3. The lowest BCUT2D eigenvalue weighted by atomic mass is 10.1. The van der Waals surface area contributed by atoms with E-state index in [1.54, 1.807) is 24.3 Å². The van der Waals surface area contributed by atoms with Gasteiger partial charge in [0.2, 0.25) is 6.04 Å². The molecule has 0 aliphatic carbocycles. The van der Waals surface area contributed by atoms with Crippen molar-refractivity contribution in [1.29, 1.82) is 0 Å². The average molecular weight is 658 g/mol. The number of hydrogen-bond acceptors (Lipinski definition) is 8. The maximum absolute atomic E-state index is 12.9. The highest BCUT2D eigenvalue weighted by atomic mass is 35.5. The van der Waals surface area contributed by atoms with Crippen LogP contribution in [0.25, 0.3) is 0 Å². The number of halogens is 5. The molecule has 41 heavy (non-hydrogen) atoms. The van der Waals surface area contributed by atoms with Gasteiger partial charge >= 0.3 is 0 Å². The van der Waals surface area contributed by atoms with Crippen molar-refractivity contribution in [3.63, 3.8) is 0 Å². The van der Waals surface area contributed by atoms with Gasteiger partial charge in [-0.15, -0.1) is 0 Å². The fraction of sp³-hybridized carbons (Fsp3) is 0.154. The zero-order chi connectivity index (χ0) is 30.0. The number of Topliss-reactive ketones (excluding diaryl/α,β-unsaturated/α-hetero) is 1. The zero-order valence-corrected chi connectivity index (χ0v) is 25.1. The van der Waals surface area contributed by atoms with E-state index in [9.17, 15) is 14.4 Å². The predicted molar refractivity (Wildman–Crippen MR) is 159 cm³/mol. The van der Waals surface area contributed by atoms with Crippen molar-refractivity contribution in [2.24, 2.45) is 15.2 Å². The summed E-state index contributed by atoms with van der Waals surface area (Å²) in [7, 11) is 2.82.